The van der Waals surface area contributed by atoms with Gasteiger partial charge in [0.15, 0.2) is 0 Å². The third kappa shape index (κ3) is 2.24. The van der Waals surface area contributed by atoms with E-state index in [4.69, 9.17) is 0 Å². The zero-order valence-corrected chi connectivity index (χ0v) is 16.4. The van der Waals surface area contributed by atoms with Crippen LogP contribution in [0.5, 0.6) is 0 Å². The molecule has 0 saturated heterocycles. The molecule has 0 spiro atoms. The van der Waals surface area contributed by atoms with Gasteiger partial charge in [-0.1, -0.05) is 90.1 Å². The molecule has 0 amide bonds. The average molecular weight is 323 g/mol. The van der Waals surface area contributed by atoms with Crippen LogP contribution in [-0.2, 0) is 0 Å². The van der Waals surface area contributed by atoms with Gasteiger partial charge in [-0.15, -0.1) is 0 Å². The summed E-state index contributed by atoms with van der Waals surface area (Å²) in [5, 5.41) is 0. The van der Waals surface area contributed by atoms with E-state index in [2.05, 4.69) is 90.1 Å². The van der Waals surface area contributed by atoms with Crippen molar-refractivity contribution in [1.82, 2.24) is 0 Å². The van der Waals surface area contributed by atoms with Gasteiger partial charge in [0.25, 0.3) is 0 Å². The summed E-state index contributed by atoms with van der Waals surface area (Å²) in [5.74, 6) is 0. The Balaban J connectivity index is 2.33. The average Bonchev–Trinajstić information content (AvgIpc) is 2.83. The lowest BCUT2D eigenvalue weighted by Crippen LogP contribution is -2.50. The summed E-state index contributed by atoms with van der Waals surface area (Å²) >= 11 is 0. The van der Waals surface area contributed by atoms with Gasteiger partial charge in [-0.25, -0.2) is 0 Å². The molecule has 3 rings (SSSR count). The molecule has 1 aliphatic rings. The topological polar surface area (TPSA) is 0 Å². The van der Waals surface area contributed by atoms with Crippen LogP contribution in [0.3, 0.4) is 0 Å². The summed E-state index contributed by atoms with van der Waals surface area (Å²) in [6, 6.07) is 18.3. The summed E-state index contributed by atoms with van der Waals surface area (Å²) in [5.41, 5.74) is 9.09. The molecule has 0 saturated carbocycles. The van der Waals surface area contributed by atoms with Crippen LogP contribution in [0, 0.1) is 0 Å². The monoisotopic (exact) mass is 322 g/mol. The molecule has 2 aromatic rings. The van der Waals surface area contributed by atoms with Crippen molar-refractivity contribution in [1.29, 1.82) is 0 Å². The second-order valence-corrected chi connectivity index (χ2v) is 14.1. The summed E-state index contributed by atoms with van der Waals surface area (Å²) in [6.07, 6.45) is 0. The van der Waals surface area contributed by atoms with Gasteiger partial charge >= 0.3 is 0 Å². The fraction of sp³-hybridized carbons (Fsp3) is 0.455. The summed E-state index contributed by atoms with van der Waals surface area (Å²) in [6.45, 7) is 14.9. The lowest BCUT2D eigenvalue weighted by Gasteiger charge is -2.48. The number of benzene rings is 2. The van der Waals surface area contributed by atoms with Crippen LogP contribution in [0.15, 0.2) is 48.5 Å². The Kier molecular flexibility index (Phi) is 4.26. The minimum atomic E-state index is -1.60. The molecular weight excluding hydrogens is 292 g/mol. The van der Waals surface area contributed by atoms with E-state index in [1.54, 1.807) is 11.1 Å². The highest BCUT2D eigenvalue weighted by molar-refractivity contribution is 6.85. The van der Waals surface area contributed by atoms with Crippen molar-refractivity contribution in [3.05, 3.63) is 59.7 Å². The Morgan fingerprint density at radius 1 is 0.609 bits per heavy atom. The molecule has 0 N–H and O–H groups in total. The van der Waals surface area contributed by atoms with Crippen molar-refractivity contribution in [3.8, 4) is 11.1 Å². The smallest absolute Gasteiger partial charge is 0.0651 e. The summed E-state index contributed by atoms with van der Waals surface area (Å²) in [4.78, 5) is 0. The maximum Gasteiger partial charge on any atom is 0.0740 e. The second kappa shape index (κ2) is 5.94. The van der Waals surface area contributed by atoms with Gasteiger partial charge in [0.2, 0.25) is 0 Å². The van der Waals surface area contributed by atoms with E-state index in [1.807, 2.05) is 0 Å². The third-order valence-electron chi connectivity index (χ3n) is 6.33. The molecule has 0 nitrogen and oxygen atoms in total. The Bertz CT molecular complexity index is 629. The zero-order valence-electron chi connectivity index (χ0n) is 15.4. The van der Waals surface area contributed by atoms with Crippen LogP contribution in [0.4, 0.5) is 0 Å². The van der Waals surface area contributed by atoms with E-state index in [0.29, 0.717) is 5.54 Å². The molecular formula is C22H30Si. The first-order chi connectivity index (χ1) is 10.9. The first kappa shape index (κ1) is 16.5. The lowest BCUT2D eigenvalue weighted by molar-refractivity contribution is 0.772. The second-order valence-electron chi connectivity index (χ2n) is 8.07. The van der Waals surface area contributed by atoms with E-state index in [1.165, 1.54) is 11.1 Å². The van der Waals surface area contributed by atoms with Crippen molar-refractivity contribution < 1.29 is 0 Å². The number of rotatable bonds is 4. The Labute approximate surface area is 143 Å². The van der Waals surface area contributed by atoms with Gasteiger partial charge < -0.3 is 0 Å². The number of fused-ring (bicyclic) bond motifs is 3. The van der Waals surface area contributed by atoms with Crippen LogP contribution in [-0.4, -0.2) is 8.07 Å². The van der Waals surface area contributed by atoms with E-state index in [9.17, 15) is 0 Å². The highest BCUT2D eigenvalue weighted by Crippen LogP contribution is 2.58. The van der Waals surface area contributed by atoms with Crippen LogP contribution in [0.1, 0.15) is 58.2 Å². The molecule has 0 radical (unpaired) electrons. The Hall–Kier alpha value is -1.34. The van der Waals surface area contributed by atoms with Gasteiger partial charge in [-0.3, -0.25) is 0 Å². The highest BCUT2D eigenvalue weighted by Gasteiger charge is 2.52. The Morgan fingerprint density at radius 2 is 0.957 bits per heavy atom. The predicted octanol–water partition coefficient (Wildman–Crippen LogP) is 7.02. The molecule has 23 heavy (non-hydrogen) atoms. The standard InChI is InChI=1S/C22H30Si/c1-15(2)23(16(3)4,17(5)6)22-20-13-9-7-11-18(20)19-12-8-10-14-21(19)22/h7-17,22H,1-6H3. The molecule has 0 aromatic heterocycles. The molecule has 1 aliphatic carbocycles. The normalized spacial score (nSPS) is 14.7. The van der Waals surface area contributed by atoms with Gasteiger partial charge in [-0.05, 0) is 38.9 Å². The maximum atomic E-state index is 2.48. The molecule has 122 valence electrons. The van der Waals surface area contributed by atoms with E-state index >= 15 is 0 Å². The van der Waals surface area contributed by atoms with Crippen LogP contribution >= 0.6 is 0 Å². The molecule has 0 bridgehead atoms. The minimum absolute atomic E-state index is 0.634. The summed E-state index contributed by atoms with van der Waals surface area (Å²) in [7, 11) is -1.60. The largest absolute Gasteiger partial charge is 0.0740 e. The van der Waals surface area contributed by atoms with E-state index in [-0.39, 0.29) is 0 Å². The molecule has 0 heterocycles. The third-order valence-corrected chi connectivity index (χ3v) is 14.0. The number of hydrogen-bond donors (Lipinski definition) is 0. The van der Waals surface area contributed by atoms with E-state index in [0.717, 1.165) is 16.6 Å². The molecule has 2 aromatic carbocycles. The first-order valence-electron chi connectivity index (χ1n) is 9.10. The SMILES string of the molecule is CC(C)[Si](C(C)C)(C(C)C)C1c2ccccc2-c2ccccc21. The molecule has 0 atom stereocenters. The molecule has 0 fully saturated rings. The van der Waals surface area contributed by atoms with Crippen molar-refractivity contribution in [2.24, 2.45) is 0 Å². The molecule has 0 aliphatic heterocycles. The highest BCUT2D eigenvalue weighted by atomic mass is 28.3. The van der Waals surface area contributed by atoms with Gasteiger partial charge in [0.1, 0.15) is 0 Å². The van der Waals surface area contributed by atoms with Gasteiger partial charge in [0, 0.05) is 5.54 Å². The van der Waals surface area contributed by atoms with Crippen LogP contribution in [0.25, 0.3) is 11.1 Å². The van der Waals surface area contributed by atoms with Gasteiger partial charge in [-0.2, -0.15) is 0 Å². The van der Waals surface area contributed by atoms with Crippen molar-refractivity contribution in [2.75, 3.05) is 0 Å². The van der Waals surface area contributed by atoms with E-state index < -0.39 is 8.07 Å². The minimum Gasteiger partial charge on any atom is -0.0651 e. The summed E-state index contributed by atoms with van der Waals surface area (Å²) < 4.78 is 0. The number of hydrogen-bond acceptors (Lipinski definition) is 0. The maximum absolute atomic E-state index is 2.48. The van der Waals surface area contributed by atoms with Crippen molar-refractivity contribution in [3.63, 3.8) is 0 Å². The fourth-order valence-corrected chi connectivity index (χ4v) is 13.3. The predicted molar refractivity (Wildman–Crippen MR) is 105 cm³/mol. The first-order valence-corrected chi connectivity index (χ1v) is 11.4. The van der Waals surface area contributed by atoms with Crippen LogP contribution < -0.4 is 0 Å². The van der Waals surface area contributed by atoms with Crippen molar-refractivity contribution in [2.45, 2.75) is 63.7 Å². The lowest BCUT2D eigenvalue weighted by atomic mass is 10.1. The molecule has 1 heteroatoms. The molecule has 0 unspecified atom stereocenters. The Morgan fingerprint density at radius 3 is 1.30 bits per heavy atom. The fourth-order valence-electron chi connectivity index (χ4n) is 5.69. The quantitative estimate of drug-likeness (QED) is 0.531. The zero-order chi connectivity index (χ0) is 16.8. The van der Waals surface area contributed by atoms with Crippen molar-refractivity contribution >= 4 is 8.07 Å². The van der Waals surface area contributed by atoms with Crippen LogP contribution in [0.2, 0.25) is 16.6 Å². The van der Waals surface area contributed by atoms with Gasteiger partial charge in [0.05, 0.1) is 8.07 Å².